The number of hydrogen-bond acceptors (Lipinski definition) is 4. The van der Waals surface area contributed by atoms with Crippen LogP contribution in [0, 0.1) is 11.7 Å². The Morgan fingerprint density at radius 3 is 2.41 bits per heavy atom. The number of thiophene rings is 1. The van der Waals surface area contributed by atoms with Crippen LogP contribution in [0.3, 0.4) is 0 Å². The van der Waals surface area contributed by atoms with Crippen LogP contribution in [0.5, 0.6) is 0 Å². The number of nitrogens with zero attached hydrogens (tertiary/aromatic N) is 1. The van der Waals surface area contributed by atoms with Gasteiger partial charge in [0.2, 0.25) is 0 Å². The molecule has 2 heterocycles. The van der Waals surface area contributed by atoms with Gasteiger partial charge in [-0.3, -0.25) is 0 Å². The molecule has 0 aliphatic carbocycles. The standard InChI is InChI=1S/C17H16FNOS2/c1-10(2)16(20)14-8-7-13(21-14)15-9-19-17(22-15)11-3-5-12(18)6-4-11/h3-10,16,20H,1-2H3. The number of benzene rings is 1. The Balaban J connectivity index is 1.86. The van der Waals surface area contributed by atoms with Crippen molar-refractivity contribution in [3.8, 4) is 20.3 Å². The molecule has 0 aliphatic heterocycles. The summed E-state index contributed by atoms with van der Waals surface area (Å²) < 4.78 is 13.0. The maximum absolute atomic E-state index is 13.0. The first-order valence-electron chi connectivity index (χ1n) is 7.04. The fourth-order valence-electron chi connectivity index (χ4n) is 2.09. The van der Waals surface area contributed by atoms with E-state index in [9.17, 15) is 9.50 Å². The van der Waals surface area contributed by atoms with E-state index >= 15 is 0 Å². The molecule has 0 amide bonds. The SMILES string of the molecule is CC(C)C(O)c1ccc(-c2cnc(-c3ccc(F)cc3)s2)s1. The van der Waals surface area contributed by atoms with Crippen LogP contribution in [0.25, 0.3) is 20.3 Å². The highest BCUT2D eigenvalue weighted by molar-refractivity contribution is 7.23. The zero-order chi connectivity index (χ0) is 15.7. The van der Waals surface area contributed by atoms with E-state index in [1.165, 1.54) is 12.1 Å². The highest BCUT2D eigenvalue weighted by Crippen LogP contribution is 2.38. The first-order valence-corrected chi connectivity index (χ1v) is 8.68. The van der Waals surface area contributed by atoms with Gasteiger partial charge in [0.15, 0.2) is 0 Å². The van der Waals surface area contributed by atoms with Crippen LogP contribution in [0.4, 0.5) is 4.39 Å². The number of halogens is 1. The number of hydrogen-bond donors (Lipinski definition) is 1. The van der Waals surface area contributed by atoms with Gasteiger partial charge in [-0.2, -0.15) is 0 Å². The van der Waals surface area contributed by atoms with E-state index in [2.05, 4.69) is 4.98 Å². The van der Waals surface area contributed by atoms with Crippen LogP contribution in [0.15, 0.2) is 42.6 Å². The second-order valence-electron chi connectivity index (χ2n) is 5.43. The summed E-state index contributed by atoms with van der Waals surface area (Å²) in [6.45, 7) is 4.01. The number of aliphatic hydroxyl groups excluding tert-OH is 1. The van der Waals surface area contributed by atoms with Crippen molar-refractivity contribution in [2.24, 2.45) is 5.92 Å². The van der Waals surface area contributed by atoms with Crippen molar-refractivity contribution < 1.29 is 9.50 Å². The third-order valence-electron chi connectivity index (χ3n) is 3.39. The van der Waals surface area contributed by atoms with Gasteiger partial charge in [-0.1, -0.05) is 13.8 Å². The van der Waals surface area contributed by atoms with Gasteiger partial charge in [0.05, 0.1) is 11.0 Å². The van der Waals surface area contributed by atoms with Gasteiger partial charge in [-0.15, -0.1) is 22.7 Å². The maximum atomic E-state index is 13.0. The molecule has 0 radical (unpaired) electrons. The van der Waals surface area contributed by atoms with E-state index in [-0.39, 0.29) is 11.7 Å². The Bertz CT molecular complexity index is 761. The quantitative estimate of drug-likeness (QED) is 0.696. The Hall–Kier alpha value is -1.56. The molecule has 1 aromatic carbocycles. The van der Waals surface area contributed by atoms with Crippen molar-refractivity contribution in [3.63, 3.8) is 0 Å². The Morgan fingerprint density at radius 2 is 1.73 bits per heavy atom. The van der Waals surface area contributed by atoms with Gasteiger partial charge < -0.3 is 5.11 Å². The predicted octanol–water partition coefficient (Wildman–Crippen LogP) is 5.37. The highest BCUT2D eigenvalue weighted by Gasteiger charge is 2.16. The van der Waals surface area contributed by atoms with E-state index in [4.69, 9.17) is 0 Å². The summed E-state index contributed by atoms with van der Waals surface area (Å²) >= 11 is 3.17. The summed E-state index contributed by atoms with van der Waals surface area (Å²) in [5.41, 5.74) is 0.914. The number of aromatic nitrogens is 1. The first kappa shape index (κ1) is 15.3. The average molecular weight is 333 g/mol. The summed E-state index contributed by atoms with van der Waals surface area (Å²) in [6, 6.07) is 10.4. The monoisotopic (exact) mass is 333 g/mol. The Labute approximate surface area is 136 Å². The molecule has 5 heteroatoms. The van der Waals surface area contributed by atoms with Gasteiger partial charge >= 0.3 is 0 Å². The van der Waals surface area contributed by atoms with Crippen LogP contribution in [0.1, 0.15) is 24.8 Å². The van der Waals surface area contributed by atoms with E-state index < -0.39 is 6.10 Å². The highest BCUT2D eigenvalue weighted by atomic mass is 32.1. The van der Waals surface area contributed by atoms with Crippen LogP contribution in [-0.4, -0.2) is 10.1 Å². The lowest BCUT2D eigenvalue weighted by atomic mass is 10.1. The minimum absolute atomic E-state index is 0.197. The molecule has 0 saturated heterocycles. The average Bonchev–Trinajstić information content (AvgIpc) is 3.16. The lowest BCUT2D eigenvalue weighted by Gasteiger charge is -2.11. The minimum Gasteiger partial charge on any atom is -0.387 e. The Kier molecular flexibility index (Phi) is 4.38. The maximum Gasteiger partial charge on any atom is 0.123 e. The summed E-state index contributed by atoms with van der Waals surface area (Å²) in [6.07, 6.45) is 1.41. The molecule has 22 heavy (non-hydrogen) atoms. The molecule has 1 unspecified atom stereocenters. The van der Waals surface area contributed by atoms with E-state index in [1.54, 1.807) is 34.8 Å². The molecular weight excluding hydrogens is 317 g/mol. The van der Waals surface area contributed by atoms with Gasteiger partial charge in [0.25, 0.3) is 0 Å². The number of thiazole rings is 1. The number of rotatable bonds is 4. The third-order valence-corrected chi connectivity index (χ3v) is 5.79. The smallest absolute Gasteiger partial charge is 0.123 e. The zero-order valence-corrected chi connectivity index (χ0v) is 13.9. The fourth-order valence-corrected chi connectivity index (χ4v) is 4.25. The third kappa shape index (κ3) is 3.11. The molecule has 1 N–H and O–H groups in total. The predicted molar refractivity (Wildman–Crippen MR) is 90.6 cm³/mol. The van der Waals surface area contributed by atoms with Crippen molar-refractivity contribution in [2.45, 2.75) is 20.0 Å². The van der Waals surface area contributed by atoms with Crippen molar-refractivity contribution in [1.29, 1.82) is 0 Å². The normalized spacial score (nSPS) is 12.8. The lowest BCUT2D eigenvalue weighted by Crippen LogP contribution is -2.02. The van der Waals surface area contributed by atoms with Crippen molar-refractivity contribution in [2.75, 3.05) is 0 Å². The molecule has 0 fully saturated rings. The molecule has 3 aromatic rings. The van der Waals surface area contributed by atoms with E-state index in [1.807, 2.05) is 32.2 Å². The molecular formula is C17H16FNOS2. The van der Waals surface area contributed by atoms with Gasteiger partial charge in [0, 0.05) is 21.5 Å². The molecule has 114 valence electrons. The topological polar surface area (TPSA) is 33.1 Å². The van der Waals surface area contributed by atoms with Crippen molar-refractivity contribution in [1.82, 2.24) is 4.98 Å². The minimum atomic E-state index is -0.428. The fraction of sp³-hybridized carbons (Fsp3) is 0.235. The van der Waals surface area contributed by atoms with Crippen molar-refractivity contribution in [3.05, 3.63) is 53.3 Å². The molecule has 2 nitrogen and oxygen atoms in total. The zero-order valence-electron chi connectivity index (χ0n) is 12.3. The second-order valence-corrected chi connectivity index (χ2v) is 7.57. The lowest BCUT2D eigenvalue weighted by molar-refractivity contribution is 0.130. The molecule has 0 aliphatic rings. The molecule has 0 spiro atoms. The van der Waals surface area contributed by atoms with E-state index in [0.717, 1.165) is 25.2 Å². The van der Waals surface area contributed by atoms with Crippen LogP contribution in [-0.2, 0) is 0 Å². The van der Waals surface area contributed by atoms with Crippen LogP contribution in [0.2, 0.25) is 0 Å². The van der Waals surface area contributed by atoms with Crippen molar-refractivity contribution >= 4 is 22.7 Å². The molecule has 0 bridgehead atoms. The largest absolute Gasteiger partial charge is 0.387 e. The molecule has 2 aromatic heterocycles. The number of aliphatic hydroxyl groups is 1. The molecule has 3 rings (SSSR count). The van der Waals surface area contributed by atoms with Gasteiger partial charge in [-0.05, 0) is 42.3 Å². The summed E-state index contributed by atoms with van der Waals surface area (Å²) in [4.78, 5) is 7.56. The van der Waals surface area contributed by atoms with Crippen LogP contribution >= 0.6 is 22.7 Å². The van der Waals surface area contributed by atoms with Crippen LogP contribution < -0.4 is 0 Å². The molecule has 1 atom stereocenters. The first-order chi connectivity index (χ1) is 10.5. The Morgan fingerprint density at radius 1 is 1.00 bits per heavy atom. The summed E-state index contributed by atoms with van der Waals surface area (Å²) in [5.74, 6) is -0.0474. The molecule has 0 saturated carbocycles. The second kappa shape index (κ2) is 6.28. The summed E-state index contributed by atoms with van der Waals surface area (Å²) in [7, 11) is 0. The summed E-state index contributed by atoms with van der Waals surface area (Å²) in [5, 5.41) is 11.0. The van der Waals surface area contributed by atoms with Gasteiger partial charge in [0.1, 0.15) is 10.8 Å². The van der Waals surface area contributed by atoms with Gasteiger partial charge in [-0.25, -0.2) is 9.37 Å². The van der Waals surface area contributed by atoms with E-state index in [0.29, 0.717) is 0 Å².